The smallest absolute Gasteiger partial charge is 0.206 e. The van der Waals surface area contributed by atoms with E-state index in [9.17, 15) is 25.3 Å². The predicted octanol–water partition coefficient (Wildman–Crippen LogP) is 1.47. The van der Waals surface area contributed by atoms with Crippen LogP contribution in [0.1, 0.15) is 11.1 Å². The van der Waals surface area contributed by atoms with E-state index in [4.69, 9.17) is 0 Å². The maximum Gasteiger partial charge on any atom is 0.303 e. The first-order valence-corrected chi connectivity index (χ1v) is 11.7. The van der Waals surface area contributed by atoms with Gasteiger partial charge in [0.15, 0.2) is 0 Å². The van der Waals surface area contributed by atoms with Gasteiger partial charge < -0.3 is 0 Å². The molecule has 0 atom stereocenters. The molecule has 144 valence electrons. The average Bonchev–Trinajstić information content (AvgIpc) is 2.60. The molecule has 0 amide bonds. The van der Waals surface area contributed by atoms with E-state index in [-0.39, 0.29) is 9.79 Å². The van der Waals surface area contributed by atoms with Gasteiger partial charge >= 0.3 is 10.2 Å². The molecule has 0 unspecified atom stereocenters. The van der Waals surface area contributed by atoms with E-state index in [1.54, 1.807) is 0 Å². The molecule has 0 radical (unpaired) electrons. The predicted molar refractivity (Wildman–Crippen MR) is 103 cm³/mol. The van der Waals surface area contributed by atoms with Crippen molar-refractivity contribution in [2.24, 2.45) is 0 Å². The molecule has 11 heteroatoms. The number of hydrogen-bond donors (Lipinski definition) is 2. The lowest BCUT2D eigenvalue weighted by atomic mass is 10.2. The second kappa shape index (κ2) is 7.74. The van der Waals surface area contributed by atoms with Crippen LogP contribution in [0.4, 0.5) is 0 Å². The molecule has 0 fully saturated rings. The highest BCUT2D eigenvalue weighted by molar-refractivity contribution is 8.10. The van der Waals surface area contributed by atoms with Crippen molar-refractivity contribution in [1.82, 2.24) is 8.25 Å². The summed E-state index contributed by atoms with van der Waals surface area (Å²) in [5, 5.41) is 0. The van der Waals surface area contributed by atoms with Crippen molar-refractivity contribution in [1.29, 1.82) is 0 Å². The summed E-state index contributed by atoms with van der Waals surface area (Å²) in [6.45, 7) is 7.04. The molecule has 8 nitrogen and oxygen atoms in total. The van der Waals surface area contributed by atoms with E-state index in [2.05, 4.69) is 13.2 Å². The van der Waals surface area contributed by atoms with E-state index < -0.39 is 30.3 Å². The summed E-state index contributed by atoms with van der Waals surface area (Å²) in [4.78, 5) is -0.711. The van der Waals surface area contributed by atoms with E-state index in [0.717, 1.165) is 24.3 Å². The van der Waals surface area contributed by atoms with Gasteiger partial charge in [0.25, 0.3) is 20.0 Å². The number of sulfonamides is 2. The number of benzene rings is 2. The van der Waals surface area contributed by atoms with Crippen LogP contribution in [0.5, 0.6) is 0 Å². The quantitative estimate of drug-likeness (QED) is 0.656. The molecule has 2 aromatic carbocycles. The standard InChI is InChI=1S/C16H16N2O6S3/c1-3-13-5-9-15(10-6-13)25(19,20)17-27(23,24)18-26(21,22)16-11-7-14(4-2)8-12-16/h3-12,17-18H,1-2H2. The summed E-state index contributed by atoms with van der Waals surface area (Å²) < 4.78 is 75.5. The Kier molecular flexibility index (Phi) is 6.02. The maximum absolute atomic E-state index is 12.2. The molecular weight excluding hydrogens is 412 g/mol. The Morgan fingerprint density at radius 2 is 0.889 bits per heavy atom. The molecule has 0 heterocycles. The van der Waals surface area contributed by atoms with Crippen LogP contribution in [0.2, 0.25) is 0 Å². The Bertz CT molecular complexity index is 1080. The minimum absolute atomic E-state index is 0.355. The largest absolute Gasteiger partial charge is 0.303 e. The van der Waals surface area contributed by atoms with Gasteiger partial charge in [0.2, 0.25) is 0 Å². The van der Waals surface area contributed by atoms with E-state index in [1.165, 1.54) is 44.7 Å². The van der Waals surface area contributed by atoms with Crippen LogP contribution in [0.3, 0.4) is 0 Å². The number of hydrogen-bond acceptors (Lipinski definition) is 6. The topological polar surface area (TPSA) is 126 Å². The summed E-state index contributed by atoms with van der Waals surface area (Å²) >= 11 is 0. The van der Waals surface area contributed by atoms with E-state index in [1.807, 2.05) is 0 Å². The lowest BCUT2D eigenvalue weighted by Gasteiger charge is -2.10. The molecule has 0 bridgehead atoms. The van der Waals surface area contributed by atoms with Crippen LogP contribution in [0, 0.1) is 0 Å². The van der Waals surface area contributed by atoms with E-state index in [0.29, 0.717) is 11.1 Å². The van der Waals surface area contributed by atoms with Crippen LogP contribution < -0.4 is 8.25 Å². The molecule has 0 saturated carbocycles. The summed E-state index contributed by atoms with van der Waals surface area (Å²) in [5.74, 6) is 0. The zero-order chi connectivity index (χ0) is 20.3. The molecule has 0 aromatic heterocycles. The number of nitrogens with one attached hydrogen (secondary N) is 2. The lowest BCUT2D eigenvalue weighted by Crippen LogP contribution is -2.42. The summed E-state index contributed by atoms with van der Waals surface area (Å²) in [6, 6.07) is 10.3. The Morgan fingerprint density at radius 1 is 0.593 bits per heavy atom. The fourth-order valence-electron chi connectivity index (χ4n) is 1.97. The fourth-order valence-corrected chi connectivity index (χ4v) is 6.48. The van der Waals surface area contributed by atoms with Gasteiger partial charge in [-0.05, 0) is 35.4 Å². The van der Waals surface area contributed by atoms with E-state index >= 15 is 0 Å². The number of rotatable bonds is 8. The summed E-state index contributed by atoms with van der Waals surface area (Å²) in [6.07, 6.45) is 2.96. The Morgan fingerprint density at radius 3 is 1.15 bits per heavy atom. The molecule has 0 aliphatic carbocycles. The first-order valence-electron chi connectivity index (χ1n) is 7.26. The van der Waals surface area contributed by atoms with Gasteiger partial charge in [-0.1, -0.05) is 57.8 Å². The third kappa shape index (κ3) is 5.34. The molecule has 27 heavy (non-hydrogen) atoms. The highest BCUT2D eigenvalue weighted by atomic mass is 32.3. The zero-order valence-corrected chi connectivity index (χ0v) is 16.3. The Hall–Kier alpha value is -2.31. The summed E-state index contributed by atoms with van der Waals surface area (Å²) in [7, 11) is -14.0. The van der Waals surface area contributed by atoms with Gasteiger partial charge in [0.1, 0.15) is 0 Å². The van der Waals surface area contributed by atoms with Gasteiger partial charge in [-0.3, -0.25) is 0 Å². The van der Waals surface area contributed by atoms with Crippen molar-refractivity contribution in [3.05, 3.63) is 72.8 Å². The molecule has 0 saturated heterocycles. The maximum atomic E-state index is 12.2. The first-order chi connectivity index (χ1) is 12.5. The van der Waals surface area contributed by atoms with Gasteiger partial charge in [-0.25, -0.2) is 16.8 Å². The highest BCUT2D eigenvalue weighted by Crippen LogP contribution is 2.14. The van der Waals surface area contributed by atoms with Crippen LogP contribution in [-0.4, -0.2) is 25.3 Å². The van der Waals surface area contributed by atoms with Crippen molar-refractivity contribution in [3.63, 3.8) is 0 Å². The molecular formula is C16H16N2O6S3. The van der Waals surface area contributed by atoms with Crippen molar-refractivity contribution in [2.75, 3.05) is 0 Å². The molecule has 2 rings (SSSR count). The van der Waals surface area contributed by atoms with Crippen molar-refractivity contribution in [2.45, 2.75) is 9.79 Å². The third-order valence-electron chi connectivity index (χ3n) is 3.29. The van der Waals surface area contributed by atoms with Crippen molar-refractivity contribution >= 4 is 42.4 Å². The molecule has 2 N–H and O–H groups in total. The molecule has 0 aliphatic heterocycles. The zero-order valence-electron chi connectivity index (χ0n) is 13.9. The second-order valence-corrected chi connectivity index (χ2v) is 10.5. The van der Waals surface area contributed by atoms with Crippen LogP contribution >= 0.6 is 0 Å². The van der Waals surface area contributed by atoms with Crippen LogP contribution in [0.25, 0.3) is 12.2 Å². The summed E-state index contributed by atoms with van der Waals surface area (Å²) in [5.41, 5.74) is 1.25. The van der Waals surface area contributed by atoms with Gasteiger partial charge in [-0.15, -0.1) is 0 Å². The Balaban J connectivity index is 2.26. The molecule has 0 spiro atoms. The first kappa shape index (κ1) is 21.0. The fraction of sp³-hybridized carbons (Fsp3) is 0. The normalized spacial score (nSPS) is 12.4. The molecule has 0 aliphatic rings. The average molecular weight is 429 g/mol. The van der Waals surface area contributed by atoms with Crippen LogP contribution in [0.15, 0.2) is 71.5 Å². The SMILES string of the molecule is C=Cc1ccc(S(=O)(=O)NS(=O)(=O)NS(=O)(=O)c2ccc(C=C)cc2)cc1. The minimum Gasteiger partial charge on any atom is -0.206 e. The molecule has 2 aromatic rings. The monoisotopic (exact) mass is 428 g/mol. The minimum atomic E-state index is -4.94. The third-order valence-corrected chi connectivity index (χ3v) is 8.59. The van der Waals surface area contributed by atoms with Crippen molar-refractivity contribution in [3.8, 4) is 0 Å². The van der Waals surface area contributed by atoms with Gasteiger partial charge in [0.05, 0.1) is 9.79 Å². The van der Waals surface area contributed by atoms with Gasteiger partial charge in [0, 0.05) is 0 Å². The lowest BCUT2D eigenvalue weighted by molar-refractivity contribution is 0.569. The Labute approximate surface area is 158 Å². The van der Waals surface area contributed by atoms with Gasteiger partial charge in [-0.2, -0.15) is 8.42 Å². The van der Waals surface area contributed by atoms with Crippen molar-refractivity contribution < 1.29 is 25.3 Å². The van der Waals surface area contributed by atoms with Crippen LogP contribution in [-0.2, 0) is 30.3 Å². The second-order valence-electron chi connectivity index (χ2n) is 5.22. The highest BCUT2D eigenvalue weighted by Gasteiger charge is 2.28.